The van der Waals surface area contributed by atoms with Gasteiger partial charge >= 0.3 is 9.05 Å². The second-order valence-electron chi connectivity index (χ2n) is 7.74. The molecule has 0 saturated carbocycles. The van der Waals surface area contributed by atoms with Crippen molar-refractivity contribution in [1.82, 2.24) is 0 Å². The van der Waals surface area contributed by atoms with E-state index >= 15 is 0 Å². The van der Waals surface area contributed by atoms with E-state index in [-0.39, 0.29) is 0 Å². The minimum Gasteiger partial charge on any atom is -0.395 e. The highest BCUT2D eigenvalue weighted by Gasteiger charge is 2.57. The van der Waals surface area contributed by atoms with E-state index in [0.29, 0.717) is 0 Å². The van der Waals surface area contributed by atoms with Crippen molar-refractivity contribution in [3.8, 4) is 0 Å². The van der Waals surface area contributed by atoms with E-state index in [1.807, 2.05) is 0 Å². The monoisotopic (exact) mass is 452 g/mol. The van der Waals surface area contributed by atoms with E-state index in [4.69, 9.17) is 16.8 Å². The Kier molecular flexibility index (Phi) is 12.7. The van der Waals surface area contributed by atoms with Crippen LogP contribution in [0.4, 0.5) is 0 Å². The van der Waals surface area contributed by atoms with Crippen molar-refractivity contribution in [3.63, 3.8) is 0 Å². The summed E-state index contributed by atoms with van der Waals surface area (Å²) in [6, 6.07) is 9.77. The summed E-state index contributed by atoms with van der Waals surface area (Å²) in [5.74, 6) is 0. The van der Waals surface area contributed by atoms with Crippen molar-refractivity contribution in [3.05, 3.63) is 0 Å². The average molecular weight is 453 g/mol. The molecule has 0 aromatic carbocycles. The van der Waals surface area contributed by atoms with Crippen LogP contribution in [0.3, 0.4) is 0 Å². The molecule has 0 bridgehead atoms. The predicted octanol–water partition coefficient (Wildman–Crippen LogP) is 7.13. The smallest absolute Gasteiger partial charge is 0.395 e. The highest BCUT2D eigenvalue weighted by Crippen LogP contribution is 2.36. The highest BCUT2D eigenvalue weighted by atomic mass is 28.5. The van der Waals surface area contributed by atoms with Gasteiger partial charge in [-0.15, -0.1) is 0 Å². The third-order valence-corrected chi connectivity index (χ3v) is 27.4. The first-order valence-electron chi connectivity index (χ1n) is 11.4. The molecule has 0 aliphatic heterocycles. The van der Waals surface area contributed by atoms with Crippen LogP contribution in [-0.2, 0) is 16.8 Å². The standard InChI is InChI=1S/C19H48O4Si4/c1-11-24(12-2,13-3)21-27(20-10,22-25(14-4,15-5)16-6)23-26(17-7,18-8)19-9/h11-19H2,1-10H3. The van der Waals surface area contributed by atoms with Gasteiger partial charge in [-0.2, -0.15) is 0 Å². The Morgan fingerprint density at radius 2 is 0.593 bits per heavy atom. The summed E-state index contributed by atoms with van der Waals surface area (Å²) in [6.07, 6.45) is 0. The van der Waals surface area contributed by atoms with E-state index < -0.39 is 34.0 Å². The number of hydrogen-bond acceptors (Lipinski definition) is 4. The number of hydrogen-bond donors (Lipinski definition) is 0. The van der Waals surface area contributed by atoms with Crippen molar-refractivity contribution in [2.45, 2.75) is 117 Å². The molecule has 0 aliphatic rings. The summed E-state index contributed by atoms with van der Waals surface area (Å²) in [6.45, 7) is 20.4. The number of rotatable bonds is 16. The first-order valence-corrected chi connectivity index (χ1v) is 20.6. The summed E-state index contributed by atoms with van der Waals surface area (Å²) in [4.78, 5) is 0. The lowest BCUT2D eigenvalue weighted by Crippen LogP contribution is -2.65. The maximum atomic E-state index is 7.03. The van der Waals surface area contributed by atoms with Crippen molar-refractivity contribution in [1.29, 1.82) is 0 Å². The van der Waals surface area contributed by atoms with Crippen LogP contribution in [0.2, 0.25) is 54.4 Å². The van der Waals surface area contributed by atoms with Crippen LogP contribution < -0.4 is 0 Å². The topological polar surface area (TPSA) is 36.9 Å². The van der Waals surface area contributed by atoms with Gasteiger partial charge in [-0.3, -0.25) is 0 Å². The second-order valence-corrected chi connectivity index (χ2v) is 25.1. The van der Waals surface area contributed by atoms with Gasteiger partial charge in [0.05, 0.1) is 0 Å². The molecule has 27 heavy (non-hydrogen) atoms. The third kappa shape index (κ3) is 6.87. The van der Waals surface area contributed by atoms with Gasteiger partial charge in [-0.05, 0) is 54.4 Å². The lowest BCUT2D eigenvalue weighted by Gasteiger charge is -2.46. The van der Waals surface area contributed by atoms with Gasteiger partial charge in [0.25, 0.3) is 0 Å². The minimum absolute atomic E-state index is 1.09. The van der Waals surface area contributed by atoms with Crippen LogP contribution in [0.5, 0.6) is 0 Å². The first kappa shape index (κ1) is 27.7. The van der Waals surface area contributed by atoms with Crippen molar-refractivity contribution >= 4 is 34.0 Å². The zero-order valence-corrected chi connectivity index (χ0v) is 24.0. The molecule has 0 saturated heterocycles. The normalized spacial score (nSPS) is 14.0. The molecule has 0 unspecified atom stereocenters. The summed E-state index contributed by atoms with van der Waals surface area (Å²) in [5, 5.41) is 0. The summed E-state index contributed by atoms with van der Waals surface area (Å²) >= 11 is 0. The molecule has 0 amide bonds. The van der Waals surface area contributed by atoms with E-state index in [0.717, 1.165) is 54.4 Å². The van der Waals surface area contributed by atoms with Gasteiger partial charge in [0.1, 0.15) is 0 Å². The Morgan fingerprint density at radius 3 is 0.704 bits per heavy atom. The molecular weight excluding hydrogens is 405 g/mol. The van der Waals surface area contributed by atoms with Gasteiger partial charge in [-0.25, -0.2) is 0 Å². The first-order chi connectivity index (χ1) is 12.7. The van der Waals surface area contributed by atoms with E-state index in [2.05, 4.69) is 62.3 Å². The molecule has 0 aromatic heterocycles. The van der Waals surface area contributed by atoms with E-state index in [9.17, 15) is 0 Å². The zero-order valence-electron chi connectivity index (χ0n) is 20.0. The van der Waals surface area contributed by atoms with Gasteiger partial charge in [-0.1, -0.05) is 62.3 Å². The lowest BCUT2D eigenvalue weighted by atomic mass is 10.9. The fourth-order valence-corrected chi connectivity index (χ4v) is 22.6. The Bertz CT molecular complexity index is 317. The fraction of sp³-hybridized carbons (Fsp3) is 1.00. The van der Waals surface area contributed by atoms with Crippen molar-refractivity contribution in [2.24, 2.45) is 0 Å². The van der Waals surface area contributed by atoms with Gasteiger partial charge in [0.2, 0.25) is 0 Å². The molecule has 0 spiro atoms. The maximum absolute atomic E-state index is 7.03. The Morgan fingerprint density at radius 1 is 0.407 bits per heavy atom. The summed E-state index contributed by atoms with van der Waals surface area (Å²) in [7, 11) is -7.16. The molecule has 0 rings (SSSR count). The minimum atomic E-state index is -3.18. The molecule has 0 radical (unpaired) electrons. The van der Waals surface area contributed by atoms with Gasteiger partial charge in [0.15, 0.2) is 25.0 Å². The molecule has 0 aromatic rings. The lowest BCUT2D eigenvalue weighted by molar-refractivity contribution is 0.104. The van der Waals surface area contributed by atoms with Crippen molar-refractivity contribution in [2.75, 3.05) is 7.11 Å². The van der Waals surface area contributed by atoms with Gasteiger partial charge < -0.3 is 16.8 Å². The molecule has 4 nitrogen and oxygen atoms in total. The molecule has 164 valence electrons. The van der Waals surface area contributed by atoms with Crippen LogP contribution in [0.1, 0.15) is 62.3 Å². The molecular formula is C19H48O4Si4. The maximum Gasteiger partial charge on any atom is 0.647 e. The summed E-state index contributed by atoms with van der Waals surface area (Å²) in [5.41, 5.74) is 0. The molecule has 0 heterocycles. The summed E-state index contributed by atoms with van der Waals surface area (Å²) < 4.78 is 27.3. The van der Waals surface area contributed by atoms with Gasteiger partial charge in [0, 0.05) is 7.11 Å². The molecule has 8 heteroatoms. The highest BCUT2D eigenvalue weighted by molar-refractivity contribution is 6.90. The molecule has 0 aliphatic carbocycles. The quantitative estimate of drug-likeness (QED) is 0.233. The van der Waals surface area contributed by atoms with Crippen molar-refractivity contribution < 1.29 is 16.8 Å². The average Bonchev–Trinajstić information content (AvgIpc) is 2.74. The van der Waals surface area contributed by atoms with Crippen LogP contribution in [-0.4, -0.2) is 41.1 Å². The zero-order chi connectivity index (χ0) is 21.2. The molecule has 0 atom stereocenters. The third-order valence-electron chi connectivity index (χ3n) is 7.07. The Labute approximate surface area is 174 Å². The Hall–Kier alpha value is 0.708. The van der Waals surface area contributed by atoms with Crippen LogP contribution >= 0.6 is 0 Å². The Balaban J connectivity index is 6.23. The van der Waals surface area contributed by atoms with E-state index in [1.54, 1.807) is 7.11 Å². The van der Waals surface area contributed by atoms with Crippen LogP contribution in [0.15, 0.2) is 0 Å². The molecule has 0 N–H and O–H groups in total. The van der Waals surface area contributed by atoms with Crippen LogP contribution in [0, 0.1) is 0 Å². The largest absolute Gasteiger partial charge is 0.647 e. The van der Waals surface area contributed by atoms with Crippen LogP contribution in [0.25, 0.3) is 0 Å². The second kappa shape index (κ2) is 12.4. The van der Waals surface area contributed by atoms with E-state index in [1.165, 1.54) is 0 Å². The predicted molar refractivity (Wildman–Crippen MR) is 128 cm³/mol. The molecule has 0 fully saturated rings. The fourth-order valence-electron chi connectivity index (χ4n) is 3.88. The SMILES string of the molecule is CC[Si](CC)(CC)O[Si](OC)(O[Si](CC)(CC)CC)O[Si](CC)(CC)CC.